The molecule has 2 aromatic rings. The van der Waals surface area contributed by atoms with Crippen LogP contribution in [-0.2, 0) is 4.79 Å². The molecule has 0 spiro atoms. The summed E-state index contributed by atoms with van der Waals surface area (Å²) in [7, 11) is 0. The SMILES string of the molecule is O=C(CCCOc1ccc(Cl)cc1Cl)Nc1ccccc1[N+](=O)[O-]. The maximum atomic E-state index is 11.9. The first-order valence-electron chi connectivity index (χ1n) is 7.08. The lowest BCUT2D eigenvalue weighted by Gasteiger charge is -2.09. The van der Waals surface area contributed by atoms with E-state index < -0.39 is 4.92 Å². The van der Waals surface area contributed by atoms with Gasteiger partial charge in [-0.05, 0) is 30.7 Å². The van der Waals surface area contributed by atoms with Crippen LogP contribution < -0.4 is 10.1 Å². The molecule has 0 bridgehead atoms. The van der Waals surface area contributed by atoms with Crippen molar-refractivity contribution in [3.8, 4) is 5.75 Å². The first kappa shape index (κ1) is 18.0. The van der Waals surface area contributed by atoms with Gasteiger partial charge >= 0.3 is 0 Å². The highest BCUT2D eigenvalue weighted by molar-refractivity contribution is 6.35. The summed E-state index contributed by atoms with van der Waals surface area (Å²) in [5, 5.41) is 14.3. The van der Waals surface area contributed by atoms with Crippen molar-refractivity contribution in [2.45, 2.75) is 12.8 Å². The number of rotatable bonds is 7. The number of hydrogen-bond acceptors (Lipinski definition) is 4. The maximum Gasteiger partial charge on any atom is 0.292 e. The zero-order chi connectivity index (χ0) is 17.5. The van der Waals surface area contributed by atoms with Gasteiger partial charge in [0.15, 0.2) is 0 Å². The van der Waals surface area contributed by atoms with Gasteiger partial charge in [0, 0.05) is 17.5 Å². The van der Waals surface area contributed by atoms with E-state index in [-0.39, 0.29) is 30.3 Å². The van der Waals surface area contributed by atoms with Crippen molar-refractivity contribution in [3.05, 3.63) is 62.6 Å². The number of nitro groups is 1. The van der Waals surface area contributed by atoms with E-state index in [2.05, 4.69) is 5.32 Å². The molecule has 0 aliphatic carbocycles. The largest absolute Gasteiger partial charge is 0.492 e. The zero-order valence-corrected chi connectivity index (χ0v) is 14.0. The van der Waals surface area contributed by atoms with Crippen LogP contribution in [0.2, 0.25) is 10.0 Å². The Morgan fingerprint density at radius 3 is 2.67 bits per heavy atom. The number of hydrogen-bond donors (Lipinski definition) is 1. The molecule has 0 saturated heterocycles. The number of nitrogens with zero attached hydrogens (tertiary/aromatic N) is 1. The molecular weight excluding hydrogens is 355 g/mol. The minimum absolute atomic E-state index is 0.143. The zero-order valence-electron chi connectivity index (χ0n) is 12.5. The number of ether oxygens (including phenoxy) is 1. The highest BCUT2D eigenvalue weighted by Crippen LogP contribution is 2.27. The van der Waals surface area contributed by atoms with Gasteiger partial charge in [-0.15, -0.1) is 0 Å². The number of benzene rings is 2. The van der Waals surface area contributed by atoms with Crippen LogP contribution in [0.4, 0.5) is 11.4 Å². The molecule has 0 radical (unpaired) electrons. The molecule has 6 nitrogen and oxygen atoms in total. The molecule has 126 valence electrons. The van der Waals surface area contributed by atoms with E-state index >= 15 is 0 Å². The first-order chi connectivity index (χ1) is 11.5. The molecule has 0 saturated carbocycles. The Bertz CT molecular complexity index is 753. The van der Waals surface area contributed by atoms with E-state index in [1.54, 1.807) is 24.3 Å². The molecule has 1 amide bonds. The second-order valence-electron chi connectivity index (χ2n) is 4.85. The molecule has 0 aliphatic rings. The lowest BCUT2D eigenvalue weighted by molar-refractivity contribution is -0.383. The quantitative estimate of drug-likeness (QED) is 0.436. The molecule has 2 aromatic carbocycles. The van der Waals surface area contributed by atoms with Crippen molar-refractivity contribution in [2.75, 3.05) is 11.9 Å². The number of anilines is 1. The molecule has 8 heteroatoms. The third-order valence-corrected chi connectivity index (χ3v) is 3.60. The van der Waals surface area contributed by atoms with E-state index in [0.29, 0.717) is 22.2 Å². The van der Waals surface area contributed by atoms with Gasteiger partial charge in [0.1, 0.15) is 11.4 Å². The molecule has 2 rings (SSSR count). The average Bonchev–Trinajstić information content (AvgIpc) is 2.53. The van der Waals surface area contributed by atoms with Crippen LogP contribution in [0.25, 0.3) is 0 Å². The normalized spacial score (nSPS) is 10.2. The van der Waals surface area contributed by atoms with Gasteiger partial charge < -0.3 is 10.1 Å². The fourth-order valence-corrected chi connectivity index (χ4v) is 2.42. The monoisotopic (exact) mass is 368 g/mol. The van der Waals surface area contributed by atoms with Crippen molar-refractivity contribution in [3.63, 3.8) is 0 Å². The summed E-state index contributed by atoms with van der Waals surface area (Å²) >= 11 is 11.8. The smallest absolute Gasteiger partial charge is 0.292 e. The molecule has 1 N–H and O–H groups in total. The summed E-state index contributed by atoms with van der Waals surface area (Å²) < 4.78 is 5.48. The van der Waals surface area contributed by atoms with Crippen LogP contribution in [0.5, 0.6) is 5.75 Å². The van der Waals surface area contributed by atoms with E-state index in [4.69, 9.17) is 27.9 Å². The van der Waals surface area contributed by atoms with Crippen molar-refractivity contribution >= 4 is 40.5 Å². The summed E-state index contributed by atoms with van der Waals surface area (Å²) in [5.74, 6) is 0.162. The Morgan fingerprint density at radius 2 is 1.96 bits per heavy atom. The predicted molar refractivity (Wildman–Crippen MR) is 92.9 cm³/mol. The number of carbonyl (C=O) groups is 1. The molecular formula is C16H14Cl2N2O4. The second-order valence-corrected chi connectivity index (χ2v) is 5.69. The Kier molecular flexibility index (Phi) is 6.40. The topological polar surface area (TPSA) is 81.5 Å². The van der Waals surface area contributed by atoms with Crippen molar-refractivity contribution in [1.29, 1.82) is 0 Å². The summed E-state index contributed by atoms with van der Waals surface area (Å²) in [5.41, 5.74) is 0.0317. The third kappa shape index (κ3) is 5.11. The fraction of sp³-hybridized carbons (Fsp3) is 0.188. The van der Waals surface area contributed by atoms with Gasteiger partial charge in [-0.25, -0.2) is 0 Å². The van der Waals surface area contributed by atoms with Gasteiger partial charge in [0.05, 0.1) is 16.6 Å². The van der Waals surface area contributed by atoms with Gasteiger partial charge in [0.2, 0.25) is 5.91 Å². The molecule has 0 atom stereocenters. The van der Waals surface area contributed by atoms with Crippen molar-refractivity contribution in [1.82, 2.24) is 0 Å². The number of carbonyl (C=O) groups excluding carboxylic acids is 1. The second kappa shape index (κ2) is 8.52. The number of nitro benzene ring substituents is 1. The van der Waals surface area contributed by atoms with Crippen molar-refractivity contribution in [2.24, 2.45) is 0 Å². The minimum atomic E-state index is -0.540. The predicted octanol–water partition coefficient (Wildman–Crippen LogP) is 4.70. The van der Waals surface area contributed by atoms with E-state index in [9.17, 15) is 14.9 Å². The van der Waals surface area contributed by atoms with Crippen LogP contribution in [0.3, 0.4) is 0 Å². The summed E-state index contributed by atoms with van der Waals surface area (Å²) in [6, 6.07) is 10.9. The van der Waals surface area contributed by atoms with Gasteiger partial charge in [-0.3, -0.25) is 14.9 Å². The minimum Gasteiger partial charge on any atom is -0.492 e. The molecule has 0 aromatic heterocycles. The molecule has 0 heterocycles. The molecule has 0 fully saturated rings. The Morgan fingerprint density at radius 1 is 1.21 bits per heavy atom. The van der Waals surface area contributed by atoms with Crippen LogP contribution >= 0.6 is 23.2 Å². The third-order valence-electron chi connectivity index (χ3n) is 3.07. The fourth-order valence-electron chi connectivity index (χ4n) is 1.96. The highest BCUT2D eigenvalue weighted by Gasteiger charge is 2.14. The van der Waals surface area contributed by atoms with Crippen LogP contribution in [0.1, 0.15) is 12.8 Å². The number of para-hydroxylation sites is 2. The van der Waals surface area contributed by atoms with Crippen LogP contribution in [0.15, 0.2) is 42.5 Å². The lowest BCUT2D eigenvalue weighted by Crippen LogP contribution is -2.13. The van der Waals surface area contributed by atoms with Gasteiger partial charge in [0.25, 0.3) is 5.69 Å². The maximum absolute atomic E-state index is 11.9. The van der Waals surface area contributed by atoms with E-state index in [1.807, 2.05) is 0 Å². The van der Waals surface area contributed by atoms with Gasteiger partial charge in [-0.2, -0.15) is 0 Å². The molecule has 24 heavy (non-hydrogen) atoms. The first-order valence-corrected chi connectivity index (χ1v) is 7.84. The van der Waals surface area contributed by atoms with E-state index in [1.165, 1.54) is 18.2 Å². The lowest BCUT2D eigenvalue weighted by atomic mass is 10.2. The van der Waals surface area contributed by atoms with Crippen LogP contribution in [-0.4, -0.2) is 17.4 Å². The standard InChI is InChI=1S/C16H14Cl2N2O4/c17-11-7-8-15(12(18)10-11)24-9-3-6-16(21)19-13-4-1-2-5-14(13)20(22)23/h1-2,4-5,7-8,10H,3,6,9H2,(H,19,21). The van der Waals surface area contributed by atoms with Gasteiger partial charge in [-0.1, -0.05) is 35.3 Å². The molecule has 0 unspecified atom stereocenters. The Hall–Kier alpha value is -2.31. The van der Waals surface area contributed by atoms with Crippen LogP contribution in [0, 0.1) is 10.1 Å². The number of amides is 1. The van der Waals surface area contributed by atoms with E-state index in [0.717, 1.165) is 0 Å². The number of nitrogens with one attached hydrogen (secondary N) is 1. The number of halogens is 2. The van der Waals surface area contributed by atoms with Crippen molar-refractivity contribution < 1.29 is 14.5 Å². The summed E-state index contributed by atoms with van der Waals surface area (Å²) in [6.07, 6.45) is 0.600. The Balaban J connectivity index is 1.81. The summed E-state index contributed by atoms with van der Waals surface area (Å²) in [4.78, 5) is 22.2. The molecule has 0 aliphatic heterocycles. The average molecular weight is 369 g/mol. The Labute approximate surface area is 148 Å². The summed E-state index contributed by atoms with van der Waals surface area (Å²) in [6.45, 7) is 0.283. The highest BCUT2D eigenvalue weighted by atomic mass is 35.5.